The van der Waals surface area contributed by atoms with Crippen molar-refractivity contribution < 1.29 is 0 Å². The molecule has 0 aliphatic heterocycles. The Morgan fingerprint density at radius 3 is 1.41 bits per heavy atom. The smallest absolute Gasteiger partial charge is 0.166 e. The Bertz CT molecular complexity index is 1150. The molecule has 0 atom stereocenters. The lowest BCUT2D eigenvalue weighted by Crippen LogP contribution is -2.04. The topological polar surface area (TPSA) is 86.8 Å². The molecule has 7 nitrogen and oxygen atoms in total. The second-order valence-electron chi connectivity index (χ2n) is 7.19. The SMILES string of the molecule is CNc1ccc(NC)c(-c2nc(-c3ccccc3)nc(-c3cc(NC)ccc3NC)n2)c1. The molecule has 162 valence electrons. The lowest BCUT2D eigenvalue weighted by atomic mass is 10.1. The highest BCUT2D eigenvalue weighted by Gasteiger charge is 2.17. The molecule has 0 aliphatic carbocycles. The third kappa shape index (κ3) is 4.18. The molecule has 0 saturated carbocycles. The molecular weight excluding hydrogens is 398 g/mol. The molecule has 4 rings (SSSR count). The normalized spacial score (nSPS) is 10.5. The first-order chi connectivity index (χ1) is 15.7. The standard InChI is InChI=1S/C25H27N7/c1-26-17-10-12-21(28-3)19(14-17)24-30-23(16-8-6-5-7-9-16)31-25(32-24)20-15-18(27-2)11-13-22(20)29-4/h5-15,26-29H,1-4H3. The van der Waals surface area contributed by atoms with Gasteiger partial charge in [-0.05, 0) is 36.4 Å². The number of nitrogens with one attached hydrogen (secondary N) is 4. The molecule has 0 fully saturated rings. The highest BCUT2D eigenvalue weighted by molar-refractivity contribution is 5.82. The Kier molecular flexibility index (Phi) is 6.17. The van der Waals surface area contributed by atoms with E-state index in [1.807, 2.05) is 94.9 Å². The van der Waals surface area contributed by atoms with Crippen molar-refractivity contribution in [3.05, 3.63) is 66.7 Å². The number of anilines is 4. The first-order valence-electron chi connectivity index (χ1n) is 10.5. The van der Waals surface area contributed by atoms with Gasteiger partial charge in [0.2, 0.25) is 0 Å². The van der Waals surface area contributed by atoms with Crippen LogP contribution in [0.15, 0.2) is 66.7 Å². The first-order valence-corrected chi connectivity index (χ1v) is 10.5. The van der Waals surface area contributed by atoms with Gasteiger partial charge in [0.1, 0.15) is 0 Å². The van der Waals surface area contributed by atoms with Crippen LogP contribution in [0.4, 0.5) is 22.7 Å². The molecule has 0 aliphatic rings. The van der Waals surface area contributed by atoms with Crippen LogP contribution in [0, 0.1) is 0 Å². The van der Waals surface area contributed by atoms with E-state index >= 15 is 0 Å². The molecule has 4 N–H and O–H groups in total. The Morgan fingerprint density at radius 1 is 0.500 bits per heavy atom. The van der Waals surface area contributed by atoms with E-state index in [0.717, 1.165) is 39.4 Å². The van der Waals surface area contributed by atoms with Gasteiger partial charge in [-0.15, -0.1) is 0 Å². The molecule has 0 radical (unpaired) electrons. The summed E-state index contributed by atoms with van der Waals surface area (Å²) >= 11 is 0. The van der Waals surface area contributed by atoms with Gasteiger partial charge >= 0.3 is 0 Å². The summed E-state index contributed by atoms with van der Waals surface area (Å²) in [7, 11) is 7.59. The molecule has 0 amide bonds. The number of aromatic nitrogens is 3. The molecular formula is C25H27N7. The van der Waals surface area contributed by atoms with Gasteiger partial charge < -0.3 is 21.3 Å². The van der Waals surface area contributed by atoms with Crippen LogP contribution < -0.4 is 21.3 Å². The number of benzene rings is 3. The van der Waals surface area contributed by atoms with Crippen LogP contribution >= 0.6 is 0 Å². The van der Waals surface area contributed by atoms with Crippen molar-refractivity contribution >= 4 is 22.7 Å². The van der Waals surface area contributed by atoms with E-state index in [9.17, 15) is 0 Å². The van der Waals surface area contributed by atoms with Crippen LogP contribution in [-0.2, 0) is 0 Å². The van der Waals surface area contributed by atoms with E-state index in [1.54, 1.807) is 0 Å². The average Bonchev–Trinajstić information content (AvgIpc) is 2.88. The minimum absolute atomic E-state index is 0.604. The Balaban J connectivity index is 1.99. The maximum absolute atomic E-state index is 4.91. The molecule has 0 bridgehead atoms. The number of hydrogen-bond donors (Lipinski definition) is 4. The van der Waals surface area contributed by atoms with Gasteiger partial charge in [-0.1, -0.05) is 30.3 Å². The fourth-order valence-electron chi connectivity index (χ4n) is 3.54. The van der Waals surface area contributed by atoms with Crippen LogP contribution in [0.1, 0.15) is 0 Å². The lowest BCUT2D eigenvalue weighted by Gasteiger charge is -2.15. The largest absolute Gasteiger partial charge is 0.388 e. The molecule has 0 unspecified atom stereocenters. The van der Waals surface area contributed by atoms with Crippen molar-refractivity contribution in [1.82, 2.24) is 15.0 Å². The fraction of sp³-hybridized carbons (Fsp3) is 0.160. The van der Waals surface area contributed by atoms with Crippen LogP contribution in [0.25, 0.3) is 34.2 Å². The third-order valence-electron chi connectivity index (χ3n) is 5.30. The van der Waals surface area contributed by atoms with Crippen LogP contribution in [0.3, 0.4) is 0 Å². The Morgan fingerprint density at radius 2 is 0.969 bits per heavy atom. The van der Waals surface area contributed by atoms with E-state index in [2.05, 4.69) is 21.3 Å². The predicted molar refractivity (Wildman–Crippen MR) is 134 cm³/mol. The van der Waals surface area contributed by atoms with E-state index < -0.39 is 0 Å². The van der Waals surface area contributed by atoms with Gasteiger partial charge in [-0.25, -0.2) is 15.0 Å². The zero-order chi connectivity index (χ0) is 22.5. The number of rotatable bonds is 7. The number of nitrogens with zero attached hydrogens (tertiary/aromatic N) is 3. The molecule has 1 aromatic heterocycles. The summed E-state index contributed by atoms with van der Waals surface area (Å²) < 4.78 is 0. The van der Waals surface area contributed by atoms with Crippen molar-refractivity contribution in [2.24, 2.45) is 0 Å². The third-order valence-corrected chi connectivity index (χ3v) is 5.30. The fourth-order valence-corrected chi connectivity index (χ4v) is 3.54. The van der Waals surface area contributed by atoms with Gasteiger partial charge in [0.05, 0.1) is 0 Å². The molecule has 32 heavy (non-hydrogen) atoms. The first kappa shape index (κ1) is 21.1. The maximum atomic E-state index is 4.91. The van der Waals surface area contributed by atoms with E-state index in [1.165, 1.54) is 0 Å². The number of hydrogen-bond acceptors (Lipinski definition) is 7. The molecule has 0 saturated heterocycles. The second kappa shape index (κ2) is 9.34. The van der Waals surface area contributed by atoms with Crippen LogP contribution in [0.5, 0.6) is 0 Å². The summed E-state index contributed by atoms with van der Waals surface area (Å²) in [5.41, 5.74) is 6.58. The second-order valence-corrected chi connectivity index (χ2v) is 7.19. The zero-order valence-electron chi connectivity index (χ0n) is 18.7. The minimum atomic E-state index is 0.604. The van der Waals surface area contributed by atoms with E-state index in [-0.39, 0.29) is 0 Å². The summed E-state index contributed by atoms with van der Waals surface area (Å²) in [6.07, 6.45) is 0. The van der Waals surface area contributed by atoms with Crippen LogP contribution in [-0.4, -0.2) is 43.1 Å². The molecule has 3 aromatic carbocycles. The van der Waals surface area contributed by atoms with Crippen molar-refractivity contribution in [1.29, 1.82) is 0 Å². The van der Waals surface area contributed by atoms with Gasteiger partial charge in [-0.3, -0.25) is 0 Å². The molecule has 7 heteroatoms. The minimum Gasteiger partial charge on any atom is -0.388 e. The zero-order valence-corrected chi connectivity index (χ0v) is 18.7. The summed E-state index contributed by atoms with van der Waals surface area (Å²) in [6, 6.07) is 22.1. The maximum Gasteiger partial charge on any atom is 0.166 e. The van der Waals surface area contributed by atoms with Gasteiger partial charge in [0, 0.05) is 67.6 Å². The Labute approximate surface area is 188 Å². The lowest BCUT2D eigenvalue weighted by molar-refractivity contribution is 1.07. The van der Waals surface area contributed by atoms with E-state index in [4.69, 9.17) is 15.0 Å². The Hall–Kier alpha value is -4.13. The van der Waals surface area contributed by atoms with Crippen molar-refractivity contribution in [3.8, 4) is 34.2 Å². The van der Waals surface area contributed by atoms with Crippen molar-refractivity contribution in [2.45, 2.75) is 0 Å². The van der Waals surface area contributed by atoms with Crippen molar-refractivity contribution in [3.63, 3.8) is 0 Å². The highest BCUT2D eigenvalue weighted by atomic mass is 15.0. The molecule has 0 spiro atoms. The van der Waals surface area contributed by atoms with E-state index in [0.29, 0.717) is 17.5 Å². The quantitative estimate of drug-likeness (QED) is 0.330. The summed E-state index contributed by atoms with van der Waals surface area (Å²) in [6.45, 7) is 0. The monoisotopic (exact) mass is 425 g/mol. The van der Waals surface area contributed by atoms with Gasteiger partial charge in [-0.2, -0.15) is 0 Å². The van der Waals surface area contributed by atoms with Gasteiger partial charge in [0.25, 0.3) is 0 Å². The molecule has 4 aromatic rings. The predicted octanol–water partition coefficient (Wildman–Crippen LogP) is 5.04. The summed E-state index contributed by atoms with van der Waals surface area (Å²) in [5, 5.41) is 12.9. The van der Waals surface area contributed by atoms with Crippen LogP contribution in [0.2, 0.25) is 0 Å². The van der Waals surface area contributed by atoms with Crippen molar-refractivity contribution in [2.75, 3.05) is 49.5 Å². The van der Waals surface area contributed by atoms with Gasteiger partial charge in [0.15, 0.2) is 17.5 Å². The summed E-state index contributed by atoms with van der Waals surface area (Å²) in [4.78, 5) is 14.6. The summed E-state index contributed by atoms with van der Waals surface area (Å²) in [5.74, 6) is 1.83. The molecule has 1 heterocycles. The average molecular weight is 426 g/mol. The highest BCUT2D eigenvalue weighted by Crippen LogP contribution is 2.34.